The zero-order valence-corrected chi connectivity index (χ0v) is 16.0. The Kier molecular flexibility index (Phi) is 5.26. The molecule has 2 amide bonds. The average Bonchev–Trinajstić information content (AvgIpc) is 3.29. The molecule has 7 heteroatoms. The molecule has 0 atom stereocenters. The Morgan fingerprint density at radius 1 is 1.12 bits per heavy atom. The Labute approximate surface area is 160 Å². The highest BCUT2D eigenvalue weighted by Gasteiger charge is 2.15. The molecule has 0 radical (unpaired) electrons. The first kappa shape index (κ1) is 17.2. The standard InChI is InChI=1S/C19H20N4OS2/c24-18(20-11-10-17-21-14-8-4-5-9-16(14)26-17)23-19-22-15(12-25-19)13-6-2-1-3-7-13/h1-3,6-7,12H,4-5,8-11H2,(H2,20,22,23,24). The summed E-state index contributed by atoms with van der Waals surface area (Å²) < 4.78 is 0. The molecule has 0 unspecified atom stereocenters. The van der Waals surface area contributed by atoms with Gasteiger partial charge in [-0.15, -0.1) is 22.7 Å². The Morgan fingerprint density at radius 2 is 1.96 bits per heavy atom. The Hall–Kier alpha value is -2.25. The lowest BCUT2D eigenvalue weighted by Crippen LogP contribution is -2.30. The van der Waals surface area contributed by atoms with Gasteiger partial charge in [0.05, 0.1) is 16.4 Å². The number of aromatic nitrogens is 2. The minimum absolute atomic E-state index is 0.222. The minimum Gasteiger partial charge on any atom is -0.337 e. The van der Waals surface area contributed by atoms with Crippen molar-refractivity contribution in [2.45, 2.75) is 32.1 Å². The summed E-state index contributed by atoms with van der Waals surface area (Å²) in [5.41, 5.74) is 3.20. The second-order valence-electron chi connectivity index (χ2n) is 6.22. The summed E-state index contributed by atoms with van der Waals surface area (Å²) in [5, 5.41) is 9.38. The van der Waals surface area contributed by atoms with Crippen LogP contribution in [0.3, 0.4) is 0 Å². The predicted octanol–water partition coefficient (Wildman–Crippen LogP) is 4.51. The number of hydrogen-bond donors (Lipinski definition) is 2. The first-order valence-corrected chi connectivity index (χ1v) is 10.5. The molecule has 1 aromatic carbocycles. The number of thiazole rings is 2. The molecule has 26 heavy (non-hydrogen) atoms. The van der Waals surface area contributed by atoms with Gasteiger partial charge in [-0.05, 0) is 25.7 Å². The summed E-state index contributed by atoms with van der Waals surface area (Å²) in [6.45, 7) is 0.579. The first-order valence-electron chi connectivity index (χ1n) is 8.81. The molecule has 5 nitrogen and oxygen atoms in total. The van der Waals surface area contributed by atoms with Crippen LogP contribution in [-0.4, -0.2) is 22.5 Å². The normalized spacial score (nSPS) is 13.2. The van der Waals surface area contributed by atoms with Crippen molar-refractivity contribution in [3.63, 3.8) is 0 Å². The van der Waals surface area contributed by atoms with Crippen LogP contribution in [0.15, 0.2) is 35.7 Å². The quantitative estimate of drug-likeness (QED) is 0.680. The van der Waals surface area contributed by atoms with E-state index in [1.165, 1.54) is 34.7 Å². The topological polar surface area (TPSA) is 66.9 Å². The van der Waals surface area contributed by atoms with Gasteiger partial charge in [0, 0.05) is 28.8 Å². The van der Waals surface area contributed by atoms with Crippen molar-refractivity contribution >= 4 is 33.8 Å². The van der Waals surface area contributed by atoms with E-state index in [-0.39, 0.29) is 6.03 Å². The van der Waals surface area contributed by atoms with E-state index in [4.69, 9.17) is 4.98 Å². The van der Waals surface area contributed by atoms with Crippen LogP contribution in [0.5, 0.6) is 0 Å². The van der Waals surface area contributed by atoms with E-state index in [0.717, 1.165) is 35.5 Å². The van der Waals surface area contributed by atoms with Crippen molar-refractivity contribution in [3.8, 4) is 11.3 Å². The number of nitrogens with one attached hydrogen (secondary N) is 2. The summed E-state index contributed by atoms with van der Waals surface area (Å²) in [6.07, 6.45) is 5.56. The molecule has 0 saturated heterocycles. The summed E-state index contributed by atoms with van der Waals surface area (Å²) in [6, 6.07) is 9.72. The van der Waals surface area contributed by atoms with E-state index in [1.807, 2.05) is 35.7 Å². The molecule has 0 fully saturated rings. The number of hydrogen-bond acceptors (Lipinski definition) is 5. The largest absolute Gasteiger partial charge is 0.337 e. The van der Waals surface area contributed by atoms with Gasteiger partial charge in [0.2, 0.25) is 0 Å². The number of carbonyl (C=O) groups excluding carboxylic acids is 1. The molecule has 1 aliphatic carbocycles. The zero-order valence-electron chi connectivity index (χ0n) is 14.3. The number of urea groups is 1. The highest BCUT2D eigenvalue weighted by molar-refractivity contribution is 7.14. The SMILES string of the molecule is O=C(NCCc1nc2c(s1)CCCC2)Nc1nc(-c2ccccc2)cs1. The van der Waals surface area contributed by atoms with Crippen LogP contribution in [0.2, 0.25) is 0 Å². The number of fused-ring (bicyclic) bond motifs is 1. The van der Waals surface area contributed by atoms with Gasteiger partial charge in [-0.1, -0.05) is 30.3 Å². The third-order valence-corrected chi connectivity index (χ3v) is 6.28. The lowest BCUT2D eigenvalue weighted by atomic mass is 10.0. The van der Waals surface area contributed by atoms with Gasteiger partial charge < -0.3 is 5.32 Å². The smallest absolute Gasteiger partial charge is 0.321 e. The van der Waals surface area contributed by atoms with E-state index >= 15 is 0 Å². The third-order valence-electron chi connectivity index (χ3n) is 4.31. The van der Waals surface area contributed by atoms with Crippen LogP contribution in [0, 0.1) is 0 Å². The van der Waals surface area contributed by atoms with Crippen molar-refractivity contribution in [3.05, 3.63) is 51.3 Å². The van der Waals surface area contributed by atoms with Gasteiger partial charge >= 0.3 is 6.03 Å². The van der Waals surface area contributed by atoms with E-state index in [1.54, 1.807) is 11.3 Å². The second kappa shape index (κ2) is 7.97. The van der Waals surface area contributed by atoms with Crippen LogP contribution in [0.25, 0.3) is 11.3 Å². The molecular weight excluding hydrogens is 364 g/mol. The first-order chi connectivity index (χ1) is 12.8. The molecule has 1 aliphatic rings. The Bertz CT molecular complexity index is 865. The Morgan fingerprint density at radius 3 is 2.81 bits per heavy atom. The van der Waals surface area contributed by atoms with Gasteiger partial charge in [0.15, 0.2) is 5.13 Å². The number of benzene rings is 1. The van der Waals surface area contributed by atoms with Crippen molar-refractivity contribution < 1.29 is 4.79 Å². The van der Waals surface area contributed by atoms with E-state index < -0.39 is 0 Å². The van der Waals surface area contributed by atoms with Crippen LogP contribution in [-0.2, 0) is 19.3 Å². The maximum absolute atomic E-state index is 12.1. The molecule has 0 aliphatic heterocycles. The molecule has 2 heterocycles. The maximum atomic E-state index is 12.1. The van der Waals surface area contributed by atoms with Crippen molar-refractivity contribution in [1.82, 2.24) is 15.3 Å². The number of anilines is 1. The molecule has 0 spiro atoms. The van der Waals surface area contributed by atoms with Crippen LogP contribution < -0.4 is 10.6 Å². The van der Waals surface area contributed by atoms with Gasteiger partial charge in [-0.2, -0.15) is 0 Å². The van der Waals surface area contributed by atoms with Crippen LogP contribution in [0.4, 0.5) is 9.93 Å². The summed E-state index contributed by atoms with van der Waals surface area (Å²) in [7, 11) is 0. The molecule has 4 rings (SSSR count). The van der Waals surface area contributed by atoms with Crippen LogP contribution >= 0.6 is 22.7 Å². The molecule has 134 valence electrons. The molecule has 2 N–H and O–H groups in total. The summed E-state index contributed by atoms with van der Waals surface area (Å²) >= 11 is 3.23. The van der Waals surface area contributed by atoms with E-state index in [9.17, 15) is 4.79 Å². The average molecular weight is 385 g/mol. The fraction of sp³-hybridized carbons (Fsp3) is 0.316. The van der Waals surface area contributed by atoms with E-state index in [0.29, 0.717) is 11.7 Å². The predicted molar refractivity (Wildman–Crippen MR) is 107 cm³/mol. The molecular formula is C19H20N4OS2. The number of rotatable bonds is 5. The minimum atomic E-state index is -0.222. The monoisotopic (exact) mass is 384 g/mol. The maximum Gasteiger partial charge on any atom is 0.321 e. The lowest BCUT2D eigenvalue weighted by molar-refractivity contribution is 0.252. The summed E-state index contributed by atoms with van der Waals surface area (Å²) in [4.78, 5) is 22.7. The highest BCUT2D eigenvalue weighted by Crippen LogP contribution is 2.27. The van der Waals surface area contributed by atoms with Gasteiger partial charge in [-0.25, -0.2) is 14.8 Å². The Balaban J connectivity index is 1.27. The van der Waals surface area contributed by atoms with Gasteiger partial charge in [0.1, 0.15) is 0 Å². The fourth-order valence-electron chi connectivity index (χ4n) is 3.01. The zero-order chi connectivity index (χ0) is 17.8. The van der Waals surface area contributed by atoms with Crippen LogP contribution in [0.1, 0.15) is 28.4 Å². The fourth-order valence-corrected chi connectivity index (χ4v) is 4.88. The summed E-state index contributed by atoms with van der Waals surface area (Å²) in [5.74, 6) is 0. The second-order valence-corrected chi connectivity index (χ2v) is 8.25. The van der Waals surface area contributed by atoms with Gasteiger partial charge in [0.25, 0.3) is 0 Å². The lowest BCUT2D eigenvalue weighted by Gasteiger charge is -2.06. The number of carbonyl (C=O) groups is 1. The van der Waals surface area contributed by atoms with Crippen molar-refractivity contribution in [2.75, 3.05) is 11.9 Å². The number of amides is 2. The highest BCUT2D eigenvalue weighted by atomic mass is 32.1. The number of aryl methyl sites for hydroxylation is 2. The third kappa shape index (κ3) is 4.11. The van der Waals surface area contributed by atoms with E-state index in [2.05, 4.69) is 15.6 Å². The molecule has 0 bridgehead atoms. The van der Waals surface area contributed by atoms with Crippen molar-refractivity contribution in [2.24, 2.45) is 0 Å². The molecule has 2 aromatic heterocycles. The number of nitrogens with zero attached hydrogens (tertiary/aromatic N) is 2. The molecule has 3 aromatic rings. The van der Waals surface area contributed by atoms with Gasteiger partial charge in [-0.3, -0.25) is 5.32 Å². The molecule has 0 saturated carbocycles. The van der Waals surface area contributed by atoms with Crippen molar-refractivity contribution in [1.29, 1.82) is 0 Å².